The summed E-state index contributed by atoms with van der Waals surface area (Å²) in [5, 5.41) is 0. The summed E-state index contributed by atoms with van der Waals surface area (Å²) in [7, 11) is 0. The van der Waals surface area contributed by atoms with E-state index in [9.17, 15) is 14.4 Å². The third kappa shape index (κ3) is 6.24. The minimum atomic E-state index is -0.478. The summed E-state index contributed by atoms with van der Waals surface area (Å²) in [5.74, 6) is -0.378. The zero-order chi connectivity index (χ0) is 19.1. The molecule has 134 valence electrons. The molecule has 0 bridgehead atoms. The van der Waals surface area contributed by atoms with E-state index < -0.39 is 17.9 Å². The summed E-state index contributed by atoms with van der Waals surface area (Å²) in [5.41, 5.74) is 1.47. The lowest BCUT2D eigenvalue weighted by molar-refractivity contribution is -0.133. The van der Waals surface area contributed by atoms with Crippen molar-refractivity contribution in [2.24, 2.45) is 0 Å². The molecule has 0 atom stereocenters. The standard InChI is InChI=1S/C20H18O6/c1-13(21)24-18-6-4-5-16(9-18)7-8-17-10-19(25-14(2)22)12-20(11-17)26-15(3)23/h4-12H,1-3H3/b8-7+. The van der Waals surface area contributed by atoms with Gasteiger partial charge < -0.3 is 14.2 Å². The molecule has 0 aliphatic rings. The molecule has 0 saturated heterocycles. The van der Waals surface area contributed by atoms with Gasteiger partial charge in [0.1, 0.15) is 17.2 Å². The van der Waals surface area contributed by atoms with Gasteiger partial charge in [0.15, 0.2) is 0 Å². The van der Waals surface area contributed by atoms with Crippen LogP contribution in [0.2, 0.25) is 0 Å². The van der Waals surface area contributed by atoms with E-state index in [0.717, 1.165) is 5.56 Å². The topological polar surface area (TPSA) is 78.9 Å². The van der Waals surface area contributed by atoms with Crippen molar-refractivity contribution in [2.75, 3.05) is 0 Å². The monoisotopic (exact) mass is 354 g/mol. The molecule has 0 N–H and O–H groups in total. The Morgan fingerprint density at radius 2 is 1.12 bits per heavy atom. The van der Waals surface area contributed by atoms with Crippen molar-refractivity contribution in [3.63, 3.8) is 0 Å². The Bertz CT molecular complexity index is 832. The Kier molecular flexibility index (Phi) is 6.27. The first-order valence-corrected chi connectivity index (χ1v) is 7.80. The maximum Gasteiger partial charge on any atom is 0.308 e. The number of esters is 3. The van der Waals surface area contributed by atoms with Gasteiger partial charge in [-0.25, -0.2) is 0 Å². The summed E-state index contributed by atoms with van der Waals surface area (Å²) in [4.78, 5) is 33.4. The minimum absolute atomic E-state index is 0.268. The number of ether oxygens (including phenoxy) is 3. The predicted octanol–water partition coefficient (Wildman–Crippen LogP) is 3.63. The molecule has 2 aromatic carbocycles. The molecule has 0 aliphatic carbocycles. The van der Waals surface area contributed by atoms with Crippen LogP contribution in [0.15, 0.2) is 42.5 Å². The van der Waals surface area contributed by atoms with E-state index in [0.29, 0.717) is 11.3 Å². The van der Waals surface area contributed by atoms with Crippen LogP contribution in [0.3, 0.4) is 0 Å². The Labute approximate surface area is 151 Å². The summed E-state index contributed by atoms with van der Waals surface area (Å²) >= 11 is 0. The van der Waals surface area contributed by atoms with E-state index in [1.807, 2.05) is 6.07 Å². The molecule has 0 unspecified atom stereocenters. The number of hydrogen-bond donors (Lipinski definition) is 0. The molecular weight excluding hydrogens is 336 g/mol. The van der Waals surface area contributed by atoms with Crippen molar-refractivity contribution in [2.45, 2.75) is 20.8 Å². The van der Waals surface area contributed by atoms with Gasteiger partial charge >= 0.3 is 17.9 Å². The van der Waals surface area contributed by atoms with Crippen molar-refractivity contribution < 1.29 is 28.6 Å². The second-order valence-electron chi connectivity index (χ2n) is 5.42. The van der Waals surface area contributed by atoms with Gasteiger partial charge in [-0.1, -0.05) is 24.3 Å². The molecule has 2 rings (SSSR count). The highest BCUT2D eigenvalue weighted by atomic mass is 16.5. The van der Waals surface area contributed by atoms with Gasteiger partial charge in [0.25, 0.3) is 0 Å². The lowest BCUT2D eigenvalue weighted by atomic mass is 10.1. The van der Waals surface area contributed by atoms with Crippen LogP contribution in [-0.2, 0) is 14.4 Å². The van der Waals surface area contributed by atoms with E-state index in [1.165, 1.54) is 26.8 Å². The van der Waals surface area contributed by atoms with Gasteiger partial charge in [-0.15, -0.1) is 0 Å². The maximum absolute atomic E-state index is 11.2. The fourth-order valence-electron chi connectivity index (χ4n) is 2.18. The van der Waals surface area contributed by atoms with Crippen molar-refractivity contribution in [3.05, 3.63) is 53.6 Å². The second kappa shape index (κ2) is 8.62. The molecule has 0 saturated carbocycles. The number of hydrogen-bond acceptors (Lipinski definition) is 6. The summed E-state index contributed by atoms with van der Waals surface area (Å²) in [6.45, 7) is 3.91. The zero-order valence-corrected chi connectivity index (χ0v) is 14.6. The summed E-state index contributed by atoms with van der Waals surface area (Å²) < 4.78 is 15.2. The zero-order valence-electron chi connectivity index (χ0n) is 14.6. The normalized spacial score (nSPS) is 10.4. The molecule has 6 heteroatoms. The smallest absolute Gasteiger partial charge is 0.308 e. The molecule has 0 heterocycles. The average molecular weight is 354 g/mol. The minimum Gasteiger partial charge on any atom is -0.427 e. The Morgan fingerprint density at radius 3 is 1.65 bits per heavy atom. The fourth-order valence-corrected chi connectivity index (χ4v) is 2.18. The van der Waals surface area contributed by atoms with Gasteiger partial charge in [0.2, 0.25) is 0 Å². The molecule has 26 heavy (non-hydrogen) atoms. The number of benzene rings is 2. The largest absolute Gasteiger partial charge is 0.427 e. The van der Waals surface area contributed by atoms with Crippen LogP contribution in [-0.4, -0.2) is 17.9 Å². The SMILES string of the molecule is CC(=O)Oc1cccc(/C=C/c2cc(OC(C)=O)cc(OC(C)=O)c2)c1. The van der Waals surface area contributed by atoms with Crippen LogP contribution in [0.5, 0.6) is 17.2 Å². The summed E-state index contributed by atoms with van der Waals surface area (Å²) in [6, 6.07) is 11.7. The van der Waals surface area contributed by atoms with Crippen LogP contribution in [0.1, 0.15) is 31.9 Å². The van der Waals surface area contributed by atoms with E-state index in [-0.39, 0.29) is 11.5 Å². The third-order valence-corrected chi connectivity index (χ3v) is 3.01. The summed E-state index contributed by atoms with van der Waals surface area (Å²) in [6.07, 6.45) is 3.55. The Morgan fingerprint density at radius 1 is 0.654 bits per heavy atom. The molecular formula is C20H18O6. The highest BCUT2D eigenvalue weighted by Crippen LogP contribution is 2.25. The molecule has 2 aromatic rings. The lowest BCUT2D eigenvalue weighted by Crippen LogP contribution is -2.04. The molecule has 0 radical (unpaired) electrons. The van der Waals surface area contributed by atoms with E-state index in [4.69, 9.17) is 14.2 Å². The first kappa shape index (κ1) is 18.9. The van der Waals surface area contributed by atoms with Gasteiger partial charge in [0, 0.05) is 26.8 Å². The Hall–Kier alpha value is -3.41. The fraction of sp³-hybridized carbons (Fsp3) is 0.150. The molecule has 0 fully saturated rings. The van der Waals surface area contributed by atoms with E-state index >= 15 is 0 Å². The Balaban J connectivity index is 2.29. The van der Waals surface area contributed by atoms with E-state index in [1.54, 1.807) is 42.5 Å². The lowest BCUT2D eigenvalue weighted by Gasteiger charge is -2.07. The molecule has 0 amide bonds. The number of carbonyl (C=O) groups is 3. The maximum atomic E-state index is 11.2. The van der Waals surface area contributed by atoms with Crippen LogP contribution in [0, 0.1) is 0 Å². The van der Waals surface area contributed by atoms with Crippen molar-refractivity contribution >= 4 is 30.1 Å². The van der Waals surface area contributed by atoms with Crippen LogP contribution in [0.4, 0.5) is 0 Å². The third-order valence-electron chi connectivity index (χ3n) is 3.01. The van der Waals surface area contributed by atoms with Crippen molar-refractivity contribution in [1.29, 1.82) is 0 Å². The molecule has 0 aromatic heterocycles. The van der Waals surface area contributed by atoms with Gasteiger partial charge in [-0.2, -0.15) is 0 Å². The highest BCUT2D eigenvalue weighted by molar-refractivity contribution is 5.75. The molecule has 6 nitrogen and oxygen atoms in total. The van der Waals surface area contributed by atoms with E-state index in [2.05, 4.69) is 0 Å². The van der Waals surface area contributed by atoms with Crippen LogP contribution < -0.4 is 14.2 Å². The van der Waals surface area contributed by atoms with Crippen LogP contribution in [0.25, 0.3) is 12.2 Å². The van der Waals surface area contributed by atoms with Crippen molar-refractivity contribution in [1.82, 2.24) is 0 Å². The first-order chi connectivity index (χ1) is 12.3. The van der Waals surface area contributed by atoms with Gasteiger partial charge in [0.05, 0.1) is 0 Å². The first-order valence-electron chi connectivity index (χ1n) is 7.80. The second-order valence-corrected chi connectivity index (χ2v) is 5.42. The van der Waals surface area contributed by atoms with Crippen molar-refractivity contribution in [3.8, 4) is 17.2 Å². The van der Waals surface area contributed by atoms with Gasteiger partial charge in [-0.3, -0.25) is 14.4 Å². The highest BCUT2D eigenvalue weighted by Gasteiger charge is 2.06. The molecule has 0 spiro atoms. The van der Waals surface area contributed by atoms with Gasteiger partial charge in [-0.05, 0) is 35.4 Å². The number of rotatable bonds is 5. The molecule has 0 aliphatic heterocycles. The predicted molar refractivity (Wildman–Crippen MR) is 95.7 cm³/mol. The number of carbonyl (C=O) groups excluding carboxylic acids is 3. The quantitative estimate of drug-likeness (QED) is 0.463. The average Bonchev–Trinajstić information content (AvgIpc) is 2.51. The van der Waals surface area contributed by atoms with Crippen LogP contribution >= 0.6 is 0 Å².